The van der Waals surface area contributed by atoms with Gasteiger partial charge in [0.05, 0.1) is 12.7 Å². The first-order chi connectivity index (χ1) is 17.5. The monoisotopic (exact) mass is 516 g/mol. The van der Waals surface area contributed by atoms with Crippen molar-refractivity contribution >= 4 is 28.6 Å². The topological polar surface area (TPSA) is 91.1 Å². The van der Waals surface area contributed by atoms with Gasteiger partial charge in [-0.1, -0.05) is 54.6 Å². The minimum atomic E-state index is -4.82. The van der Waals surface area contributed by atoms with Gasteiger partial charge in [-0.05, 0) is 25.3 Å². The van der Waals surface area contributed by atoms with E-state index in [0.717, 1.165) is 10.8 Å². The van der Waals surface area contributed by atoms with Crippen LogP contribution < -0.4 is 0 Å². The zero-order valence-electron chi connectivity index (χ0n) is 20.2. The molecule has 2 atom stereocenters. The van der Waals surface area contributed by atoms with Gasteiger partial charge >= 0.3 is 12.1 Å². The van der Waals surface area contributed by atoms with Crippen molar-refractivity contribution in [1.29, 1.82) is 0 Å². The number of nitrogens with zero attached hydrogens (tertiary/aromatic N) is 2. The molecule has 0 radical (unpaired) electrons. The Morgan fingerprint density at radius 3 is 2.41 bits per heavy atom. The second kappa shape index (κ2) is 10.3. The fourth-order valence-electron chi connectivity index (χ4n) is 4.84. The van der Waals surface area contributed by atoms with E-state index in [-0.39, 0.29) is 31.4 Å². The molecular formula is C27H27F3N2O5. The van der Waals surface area contributed by atoms with E-state index < -0.39 is 48.5 Å². The predicted octanol–water partition coefficient (Wildman–Crippen LogP) is 4.96. The highest BCUT2D eigenvalue weighted by Gasteiger charge is 2.55. The molecule has 1 saturated heterocycles. The minimum absolute atomic E-state index is 0.137. The number of carboxylic acids is 1. The summed E-state index contributed by atoms with van der Waals surface area (Å²) in [6, 6.07) is 12.0. The maximum Gasteiger partial charge on any atom is 0.413 e. The molecule has 2 unspecified atom stereocenters. The van der Waals surface area contributed by atoms with Gasteiger partial charge in [0.1, 0.15) is 11.3 Å². The molecule has 4 rings (SSSR count). The largest absolute Gasteiger partial charge is 0.481 e. The molecule has 1 aliphatic rings. The van der Waals surface area contributed by atoms with E-state index >= 15 is 0 Å². The molecule has 0 aliphatic carbocycles. The van der Waals surface area contributed by atoms with Crippen LogP contribution in [0.3, 0.4) is 0 Å². The molecule has 0 saturated carbocycles. The number of halogens is 3. The van der Waals surface area contributed by atoms with Gasteiger partial charge in [-0.2, -0.15) is 13.2 Å². The maximum absolute atomic E-state index is 14.4. The number of benzene rings is 2. The number of aliphatic carboxylic acids is 1. The summed E-state index contributed by atoms with van der Waals surface area (Å²) in [4.78, 5) is 40.0. The molecule has 1 fully saturated rings. The van der Waals surface area contributed by atoms with Gasteiger partial charge in [0.15, 0.2) is 6.04 Å². The third-order valence-electron chi connectivity index (χ3n) is 6.87. The Hall–Kier alpha value is -3.82. The van der Waals surface area contributed by atoms with Crippen molar-refractivity contribution < 1.29 is 37.1 Å². The first kappa shape index (κ1) is 26.2. The second-order valence-electron chi connectivity index (χ2n) is 9.34. The predicted molar refractivity (Wildman–Crippen MR) is 128 cm³/mol. The van der Waals surface area contributed by atoms with Crippen molar-refractivity contribution in [1.82, 2.24) is 9.80 Å². The molecule has 1 N–H and O–H groups in total. The van der Waals surface area contributed by atoms with Crippen LogP contribution in [0.15, 0.2) is 65.3 Å². The summed E-state index contributed by atoms with van der Waals surface area (Å²) in [7, 11) is 0. The van der Waals surface area contributed by atoms with Gasteiger partial charge in [-0.25, -0.2) is 0 Å². The van der Waals surface area contributed by atoms with E-state index in [1.54, 1.807) is 18.2 Å². The van der Waals surface area contributed by atoms with Crippen LogP contribution >= 0.6 is 0 Å². The van der Waals surface area contributed by atoms with E-state index in [1.807, 2.05) is 12.1 Å². The average Bonchev–Trinajstić information content (AvgIpc) is 3.24. The van der Waals surface area contributed by atoms with Crippen LogP contribution in [-0.4, -0.2) is 57.5 Å². The lowest BCUT2D eigenvalue weighted by Crippen LogP contribution is -2.69. The van der Waals surface area contributed by atoms with Gasteiger partial charge in [0.2, 0.25) is 11.8 Å². The molecule has 2 amide bonds. The highest BCUT2D eigenvalue weighted by atomic mass is 19.4. The summed E-state index contributed by atoms with van der Waals surface area (Å²) in [5, 5.41) is 10.6. The van der Waals surface area contributed by atoms with E-state index in [1.165, 1.54) is 42.4 Å². The summed E-state index contributed by atoms with van der Waals surface area (Å²) in [5.74, 6) is -2.06. The lowest BCUT2D eigenvalue weighted by atomic mass is 9.83. The second-order valence-corrected chi connectivity index (χ2v) is 9.34. The van der Waals surface area contributed by atoms with Gasteiger partial charge < -0.3 is 19.3 Å². The fraction of sp³-hybridized carbons (Fsp3) is 0.370. The molecule has 0 bridgehead atoms. The molecular weight excluding hydrogens is 489 g/mol. The van der Waals surface area contributed by atoms with Crippen molar-refractivity contribution in [3.63, 3.8) is 0 Å². The number of likely N-dealkylation sites (tertiary alicyclic amines) is 1. The average molecular weight is 517 g/mol. The number of furan rings is 1. The number of carbonyl (C=O) groups excluding carboxylic acids is 2. The smallest absolute Gasteiger partial charge is 0.413 e. The Labute approximate surface area is 211 Å². The molecule has 37 heavy (non-hydrogen) atoms. The third-order valence-corrected chi connectivity index (χ3v) is 6.87. The number of carbonyl (C=O) groups is 3. The SMILES string of the molecule is CC1(C(=O)N(CCCC(=O)O)C(c2ccccc2)C(F)(F)F)CCN1C(=O)Cc1occ2ccccc12. The van der Waals surface area contributed by atoms with Crippen LogP contribution in [0.25, 0.3) is 10.8 Å². The lowest BCUT2D eigenvalue weighted by molar-refractivity contribution is -0.201. The fourth-order valence-corrected chi connectivity index (χ4v) is 4.84. The molecule has 0 spiro atoms. The Morgan fingerprint density at radius 1 is 1.11 bits per heavy atom. The highest BCUT2D eigenvalue weighted by molar-refractivity contribution is 5.95. The first-order valence-electron chi connectivity index (χ1n) is 11.9. The lowest BCUT2D eigenvalue weighted by Gasteiger charge is -2.52. The zero-order valence-corrected chi connectivity index (χ0v) is 20.2. The first-order valence-corrected chi connectivity index (χ1v) is 11.9. The van der Waals surface area contributed by atoms with Crippen LogP contribution in [-0.2, 0) is 20.8 Å². The number of carboxylic acid groups (broad SMARTS) is 1. The zero-order chi connectivity index (χ0) is 26.8. The van der Waals surface area contributed by atoms with E-state index in [0.29, 0.717) is 10.7 Å². The highest BCUT2D eigenvalue weighted by Crippen LogP contribution is 2.42. The van der Waals surface area contributed by atoms with E-state index in [2.05, 4.69) is 0 Å². The number of amides is 2. The molecule has 3 aromatic rings. The summed E-state index contributed by atoms with van der Waals surface area (Å²) in [6.45, 7) is 1.24. The molecule has 10 heteroatoms. The summed E-state index contributed by atoms with van der Waals surface area (Å²) >= 11 is 0. The van der Waals surface area contributed by atoms with Gasteiger partial charge in [-0.3, -0.25) is 14.4 Å². The van der Waals surface area contributed by atoms with Crippen molar-refractivity contribution in [2.24, 2.45) is 0 Å². The van der Waals surface area contributed by atoms with Crippen molar-refractivity contribution in [2.75, 3.05) is 13.1 Å². The number of fused-ring (bicyclic) bond motifs is 1. The van der Waals surface area contributed by atoms with Crippen LogP contribution in [0.5, 0.6) is 0 Å². The number of rotatable bonds is 9. The van der Waals surface area contributed by atoms with Crippen molar-refractivity contribution in [2.45, 2.75) is 50.4 Å². The number of hydrogen-bond acceptors (Lipinski definition) is 4. The van der Waals surface area contributed by atoms with Gasteiger partial charge in [-0.15, -0.1) is 0 Å². The van der Waals surface area contributed by atoms with Crippen LogP contribution in [0, 0.1) is 0 Å². The molecule has 196 valence electrons. The number of alkyl halides is 3. The van der Waals surface area contributed by atoms with Crippen LogP contribution in [0.2, 0.25) is 0 Å². The summed E-state index contributed by atoms with van der Waals surface area (Å²) in [5.41, 5.74) is -1.64. The molecule has 1 aromatic heterocycles. The van der Waals surface area contributed by atoms with Gasteiger partial charge in [0, 0.05) is 30.3 Å². The third kappa shape index (κ3) is 5.33. The Bertz CT molecular complexity index is 1290. The molecule has 2 heterocycles. The Morgan fingerprint density at radius 2 is 1.78 bits per heavy atom. The quantitative estimate of drug-likeness (QED) is 0.434. The van der Waals surface area contributed by atoms with Crippen LogP contribution in [0.1, 0.15) is 43.6 Å². The Balaban J connectivity index is 1.62. The van der Waals surface area contributed by atoms with E-state index in [9.17, 15) is 27.6 Å². The summed E-state index contributed by atoms with van der Waals surface area (Å²) in [6.07, 6.45) is -3.81. The normalized spacial score (nSPS) is 18.3. The van der Waals surface area contributed by atoms with Crippen LogP contribution in [0.4, 0.5) is 13.2 Å². The van der Waals surface area contributed by atoms with E-state index in [4.69, 9.17) is 9.52 Å². The standard InChI is InChI=1S/C27H27F3N2O5/c1-26(13-15-32(26)22(33)16-21-20-11-6-5-10-19(20)17-37-21)25(36)31(14-7-12-23(34)35)24(27(28,29)30)18-8-3-2-4-9-18/h2-6,8-11,17,24H,7,12-16H2,1H3,(H,34,35). The molecule has 2 aromatic carbocycles. The minimum Gasteiger partial charge on any atom is -0.481 e. The molecule has 1 aliphatic heterocycles. The summed E-state index contributed by atoms with van der Waals surface area (Å²) < 4.78 is 48.6. The molecule has 7 nitrogen and oxygen atoms in total. The van der Waals surface area contributed by atoms with Gasteiger partial charge in [0.25, 0.3) is 0 Å². The van der Waals surface area contributed by atoms with Crippen molar-refractivity contribution in [3.05, 3.63) is 72.2 Å². The Kier molecular flexibility index (Phi) is 7.29. The number of hydrogen-bond donors (Lipinski definition) is 1. The maximum atomic E-state index is 14.4. The van der Waals surface area contributed by atoms with Crippen molar-refractivity contribution in [3.8, 4) is 0 Å².